The van der Waals surface area contributed by atoms with Crippen LogP contribution in [0.3, 0.4) is 0 Å². The predicted molar refractivity (Wildman–Crippen MR) is 123 cm³/mol. The van der Waals surface area contributed by atoms with Gasteiger partial charge in [0.15, 0.2) is 0 Å². The summed E-state index contributed by atoms with van der Waals surface area (Å²) in [4.78, 5) is 38.2. The molecular weight excluding hydrogens is 493 g/mol. The SMILES string of the molecule is CC(CI)N[C@H]1CCCC[C@@H]1Cc1ccc2c(c1)CN(C1CCC(=O)NC1=O)C2=O. The smallest absolute Gasteiger partial charge is 0.255 e. The van der Waals surface area contributed by atoms with Crippen LogP contribution < -0.4 is 10.6 Å². The molecule has 0 aromatic heterocycles. The quantitative estimate of drug-likeness (QED) is 0.342. The molecule has 4 rings (SSSR count). The van der Waals surface area contributed by atoms with Gasteiger partial charge < -0.3 is 10.2 Å². The first kappa shape index (κ1) is 21.7. The summed E-state index contributed by atoms with van der Waals surface area (Å²) in [5.74, 6) is -0.0898. The molecule has 4 atom stereocenters. The summed E-state index contributed by atoms with van der Waals surface area (Å²) in [7, 11) is 0. The molecule has 0 bridgehead atoms. The highest BCUT2D eigenvalue weighted by molar-refractivity contribution is 14.1. The Kier molecular flexibility index (Phi) is 6.77. The fourth-order valence-electron chi connectivity index (χ4n) is 5.14. The lowest BCUT2D eigenvalue weighted by atomic mass is 9.80. The Bertz CT molecular complexity index is 843. The molecule has 0 radical (unpaired) electrons. The van der Waals surface area contributed by atoms with E-state index in [2.05, 4.69) is 52.3 Å². The lowest BCUT2D eigenvalue weighted by Gasteiger charge is -2.34. The third kappa shape index (κ3) is 4.56. The van der Waals surface area contributed by atoms with Crippen molar-refractivity contribution in [2.45, 2.75) is 76.5 Å². The zero-order valence-electron chi connectivity index (χ0n) is 17.5. The molecule has 7 heteroatoms. The van der Waals surface area contributed by atoms with Crippen LogP contribution in [0.15, 0.2) is 18.2 Å². The lowest BCUT2D eigenvalue weighted by Crippen LogP contribution is -2.52. The lowest BCUT2D eigenvalue weighted by molar-refractivity contribution is -0.136. The highest BCUT2D eigenvalue weighted by Gasteiger charge is 2.39. The van der Waals surface area contributed by atoms with Gasteiger partial charge in [-0.15, -0.1) is 0 Å². The van der Waals surface area contributed by atoms with Gasteiger partial charge in [-0.2, -0.15) is 0 Å². The number of piperidine rings is 1. The Morgan fingerprint density at radius 2 is 2.00 bits per heavy atom. The topological polar surface area (TPSA) is 78.5 Å². The molecule has 1 aromatic rings. The molecule has 1 aliphatic carbocycles. The third-order valence-electron chi connectivity index (χ3n) is 6.72. The number of carbonyl (C=O) groups excluding carboxylic acids is 3. The predicted octanol–water partition coefficient (Wildman–Crippen LogP) is 2.96. The standard InChI is InChI=1S/C23H30IN3O3/c1-14(12-24)25-19-5-3-2-4-16(19)10-15-6-7-18-17(11-15)13-27(23(18)30)20-8-9-21(28)26-22(20)29/h6-7,11,14,16,19-20,25H,2-5,8-10,12-13H2,1H3,(H,26,28,29)/t14?,16-,19+,20?/m1/s1. The number of halogens is 1. The van der Waals surface area contributed by atoms with Crippen molar-refractivity contribution in [2.24, 2.45) is 5.92 Å². The van der Waals surface area contributed by atoms with Gasteiger partial charge in [0.2, 0.25) is 11.8 Å². The molecule has 2 unspecified atom stereocenters. The number of alkyl halides is 1. The first-order valence-electron chi connectivity index (χ1n) is 11.0. The number of amides is 3. The summed E-state index contributed by atoms with van der Waals surface area (Å²) in [5, 5.41) is 6.18. The Balaban J connectivity index is 1.46. The molecule has 30 heavy (non-hydrogen) atoms. The maximum Gasteiger partial charge on any atom is 0.255 e. The number of benzene rings is 1. The van der Waals surface area contributed by atoms with Crippen LogP contribution in [0.25, 0.3) is 0 Å². The van der Waals surface area contributed by atoms with E-state index < -0.39 is 6.04 Å². The second-order valence-corrected chi connectivity index (χ2v) is 9.85. The molecule has 162 valence electrons. The summed E-state index contributed by atoms with van der Waals surface area (Å²) in [5.41, 5.74) is 2.97. The van der Waals surface area contributed by atoms with Crippen molar-refractivity contribution in [3.63, 3.8) is 0 Å². The van der Waals surface area contributed by atoms with Crippen LogP contribution in [0.4, 0.5) is 0 Å². The highest BCUT2D eigenvalue weighted by atomic mass is 127. The number of rotatable bonds is 6. The van der Waals surface area contributed by atoms with E-state index in [1.165, 1.54) is 31.2 Å². The summed E-state index contributed by atoms with van der Waals surface area (Å²) >= 11 is 2.44. The van der Waals surface area contributed by atoms with Crippen molar-refractivity contribution >= 4 is 40.3 Å². The zero-order chi connectivity index (χ0) is 21.3. The Labute approximate surface area is 191 Å². The maximum atomic E-state index is 12.9. The molecule has 2 heterocycles. The van der Waals surface area contributed by atoms with Crippen LogP contribution >= 0.6 is 22.6 Å². The van der Waals surface area contributed by atoms with E-state index in [0.717, 1.165) is 16.4 Å². The van der Waals surface area contributed by atoms with Crippen LogP contribution in [0.2, 0.25) is 0 Å². The van der Waals surface area contributed by atoms with Crippen LogP contribution in [-0.2, 0) is 22.6 Å². The minimum atomic E-state index is -0.548. The normalized spacial score (nSPS) is 27.7. The molecule has 3 amide bonds. The molecule has 6 nitrogen and oxygen atoms in total. The maximum absolute atomic E-state index is 12.9. The fraction of sp³-hybridized carbons (Fsp3) is 0.609. The van der Waals surface area contributed by atoms with Crippen LogP contribution in [0, 0.1) is 5.92 Å². The molecule has 1 saturated heterocycles. The first-order valence-corrected chi connectivity index (χ1v) is 12.6. The van der Waals surface area contributed by atoms with Crippen molar-refractivity contribution in [2.75, 3.05) is 4.43 Å². The van der Waals surface area contributed by atoms with E-state index in [1.807, 2.05) is 6.07 Å². The molecule has 2 N–H and O–H groups in total. The summed E-state index contributed by atoms with van der Waals surface area (Å²) in [6.07, 6.45) is 6.76. The van der Waals surface area contributed by atoms with Gasteiger partial charge in [-0.05, 0) is 55.7 Å². The number of fused-ring (bicyclic) bond motifs is 1. The van der Waals surface area contributed by atoms with E-state index in [0.29, 0.717) is 36.5 Å². The number of hydrogen-bond acceptors (Lipinski definition) is 4. The van der Waals surface area contributed by atoms with E-state index in [-0.39, 0.29) is 24.1 Å². The molecule has 3 aliphatic rings. The van der Waals surface area contributed by atoms with Gasteiger partial charge in [-0.1, -0.05) is 47.6 Å². The fourth-order valence-corrected chi connectivity index (χ4v) is 5.39. The summed E-state index contributed by atoms with van der Waals surface area (Å²) in [6, 6.07) is 6.70. The van der Waals surface area contributed by atoms with Crippen molar-refractivity contribution in [3.05, 3.63) is 34.9 Å². The molecule has 1 saturated carbocycles. The highest BCUT2D eigenvalue weighted by Crippen LogP contribution is 2.32. The van der Waals surface area contributed by atoms with E-state index >= 15 is 0 Å². The van der Waals surface area contributed by atoms with Gasteiger partial charge in [0.05, 0.1) is 0 Å². The van der Waals surface area contributed by atoms with E-state index in [1.54, 1.807) is 4.90 Å². The molecule has 0 spiro atoms. The summed E-state index contributed by atoms with van der Waals surface area (Å²) in [6.45, 7) is 2.70. The van der Waals surface area contributed by atoms with Crippen molar-refractivity contribution < 1.29 is 14.4 Å². The van der Waals surface area contributed by atoms with Gasteiger partial charge in [0.25, 0.3) is 5.91 Å². The van der Waals surface area contributed by atoms with Gasteiger partial charge in [0.1, 0.15) is 6.04 Å². The van der Waals surface area contributed by atoms with E-state index in [4.69, 9.17) is 0 Å². The first-order chi connectivity index (χ1) is 14.5. The number of nitrogens with one attached hydrogen (secondary N) is 2. The van der Waals surface area contributed by atoms with Gasteiger partial charge in [-0.25, -0.2) is 0 Å². The second kappa shape index (κ2) is 9.34. The van der Waals surface area contributed by atoms with Crippen LogP contribution in [0.1, 0.15) is 66.9 Å². The number of nitrogens with zero attached hydrogens (tertiary/aromatic N) is 1. The van der Waals surface area contributed by atoms with Gasteiger partial charge in [-0.3, -0.25) is 19.7 Å². The van der Waals surface area contributed by atoms with E-state index in [9.17, 15) is 14.4 Å². The number of carbonyl (C=O) groups is 3. The second-order valence-electron chi connectivity index (χ2n) is 8.97. The van der Waals surface area contributed by atoms with Crippen LogP contribution in [0.5, 0.6) is 0 Å². The molecule has 1 aromatic carbocycles. The monoisotopic (exact) mass is 523 g/mol. The zero-order valence-corrected chi connectivity index (χ0v) is 19.6. The molecule has 2 fully saturated rings. The average Bonchev–Trinajstić information content (AvgIpc) is 3.05. The van der Waals surface area contributed by atoms with Crippen molar-refractivity contribution in [1.29, 1.82) is 0 Å². The number of imide groups is 1. The van der Waals surface area contributed by atoms with Gasteiger partial charge in [0, 0.05) is 35.0 Å². The minimum Gasteiger partial charge on any atom is -0.322 e. The number of hydrogen-bond donors (Lipinski definition) is 2. The Morgan fingerprint density at radius 3 is 2.77 bits per heavy atom. The summed E-state index contributed by atoms with van der Waals surface area (Å²) < 4.78 is 1.11. The van der Waals surface area contributed by atoms with Crippen LogP contribution in [-0.4, -0.2) is 45.2 Å². The third-order valence-corrected chi connectivity index (χ3v) is 8.05. The van der Waals surface area contributed by atoms with Crippen molar-refractivity contribution in [3.8, 4) is 0 Å². The minimum absolute atomic E-state index is 0.0980. The van der Waals surface area contributed by atoms with Gasteiger partial charge >= 0.3 is 0 Å². The Hall–Kier alpha value is -1.48. The average molecular weight is 523 g/mol. The van der Waals surface area contributed by atoms with Crippen molar-refractivity contribution in [1.82, 2.24) is 15.5 Å². The largest absolute Gasteiger partial charge is 0.322 e. The molecule has 2 aliphatic heterocycles. The Morgan fingerprint density at radius 1 is 1.20 bits per heavy atom. The molecular formula is C23H30IN3O3.